The van der Waals surface area contributed by atoms with Gasteiger partial charge in [0.15, 0.2) is 0 Å². The Bertz CT molecular complexity index is 1060. The lowest BCUT2D eigenvalue weighted by Gasteiger charge is -2.42. The summed E-state index contributed by atoms with van der Waals surface area (Å²) >= 11 is 6.07. The molecule has 1 aliphatic carbocycles. The number of fused-ring (bicyclic) bond motifs is 1. The molecule has 0 spiro atoms. The van der Waals surface area contributed by atoms with Crippen molar-refractivity contribution in [3.05, 3.63) is 29.3 Å². The Hall–Kier alpha value is -2.56. The summed E-state index contributed by atoms with van der Waals surface area (Å²) in [7, 11) is 0. The summed E-state index contributed by atoms with van der Waals surface area (Å²) in [6.07, 6.45) is 4.11. The number of aliphatic carboxylic acids is 2. The highest BCUT2D eigenvalue weighted by atomic mass is 35.5. The van der Waals surface area contributed by atoms with Gasteiger partial charge in [0.25, 0.3) is 0 Å². The van der Waals surface area contributed by atoms with E-state index in [1.165, 1.54) is 4.80 Å². The predicted molar refractivity (Wildman–Crippen MR) is 123 cm³/mol. The van der Waals surface area contributed by atoms with Crippen molar-refractivity contribution in [3.8, 4) is 11.4 Å². The summed E-state index contributed by atoms with van der Waals surface area (Å²) in [4.78, 5) is 27.0. The van der Waals surface area contributed by atoms with Crippen molar-refractivity contribution in [1.82, 2.24) is 30.4 Å². The van der Waals surface area contributed by atoms with Crippen molar-refractivity contribution >= 4 is 23.5 Å². The Morgan fingerprint density at radius 2 is 1.97 bits per heavy atom. The lowest BCUT2D eigenvalue weighted by molar-refractivity contribution is -0.143. The number of halogens is 1. The van der Waals surface area contributed by atoms with Gasteiger partial charge in [0, 0.05) is 23.7 Å². The molecule has 2 aliphatic heterocycles. The second kappa shape index (κ2) is 9.59. The molecule has 3 aliphatic rings. The molecule has 11 heteroatoms. The number of aromatic nitrogens is 4. The van der Waals surface area contributed by atoms with Gasteiger partial charge in [0.05, 0.1) is 6.04 Å². The van der Waals surface area contributed by atoms with Gasteiger partial charge in [-0.3, -0.25) is 14.5 Å². The van der Waals surface area contributed by atoms with E-state index >= 15 is 0 Å². The van der Waals surface area contributed by atoms with Crippen molar-refractivity contribution in [1.29, 1.82) is 0 Å². The Labute approximate surface area is 202 Å². The van der Waals surface area contributed by atoms with Crippen LogP contribution in [0.15, 0.2) is 24.3 Å². The van der Waals surface area contributed by atoms with Crippen LogP contribution in [-0.2, 0) is 9.59 Å². The monoisotopic (exact) mass is 488 g/mol. The smallest absolute Gasteiger partial charge is 0.321 e. The quantitative estimate of drug-likeness (QED) is 0.559. The summed E-state index contributed by atoms with van der Waals surface area (Å²) in [5.74, 6) is 0.0911. The van der Waals surface area contributed by atoms with E-state index in [0.29, 0.717) is 54.5 Å². The van der Waals surface area contributed by atoms with Crippen LogP contribution in [0.1, 0.15) is 38.1 Å². The SMILES string of the molecule is O=C(O)C1CC2CC(CN3C[C@@H](n4nnc(-c5cccc(Cl)c5)n4)C[C@H]3C(=O)O)CC[C@H]2CN1. The molecule has 0 amide bonds. The molecule has 10 nitrogen and oxygen atoms in total. The van der Waals surface area contributed by atoms with E-state index in [1.54, 1.807) is 12.1 Å². The molecule has 2 saturated heterocycles. The van der Waals surface area contributed by atoms with Crippen molar-refractivity contribution in [2.24, 2.45) is 17.8 Å². The number of hydrogen-bond acceptors (Lipinski definition) is 7. The van der Waals surface area contributed by atoms with E-state index in [9.17, 15) is 19.8 Å². The summed E-state index contributed by atoms with van der Waals surface area (Å²) in [6.45, 7) is 1.99. The van der Waals surface area contributed by atoms with Crippen LogP contribution < -0.4 is 5.32 Å². The lowest BCUT2D eigenvalue weighted by Crippen LogP contribution is -2.50. The molecule has 34 heavy (non-hydrogen) atoms. The number of carboxylic acid groups (broad SMARTS) is 2. The molecule has 3 N–H and O–H groups in total. The Morgan fingerprint density at radius 1 is 1.12 bits per heavy atom. The third kappa shape index (κ3) is 4.80. The van der Waals surface area contributed by atoms with Crippen LogP contribution in [0.5, 0.6) is 0 Å². The normalized spacial score (nSPS) is 31.8. The molecule has 3 fully saturated rings. The van der Waals surface area contributed by atoms with Crippen LogP contribution in [0.2, 0.25) is 5.02 Å². The number of nitrogens with zero attached hydrogens (tertiary/aromatic N) is 5. The number of carbonyl (C=O) groups is 2. The number of hydrogen-bond donors (Lipinski definition) is 3. The first kappa shape index (κ1) is 23.2. The van der Waals surface area contributed by atoms with Crippen molar-refractivity contribution < 1.29 is 19.8 Å². The fourth-order valence-corrected chi connectivity index (χ4v) is 6.17. The number of likely N-dealkylation sites (tertiary alicyclic amines) is 1. The number of rotatable bonds is 6. The van der Waals surface area contributed by atoms with Gasteiger partial charge in [-0.1, -0.05) is 23.7 Å². The van der Waals surface area contributed by atoms with Gasteiger partial charge >= 0.3 is 11.9 Å². The van der Waals surface area contributed by atoms with Gasteiger partial charge in [0.2, 0.25) is 5.82 Å². The molecule has 1 aromatic carbocycles. The van der Waals surface area contributed by atoms with Crippen molar-refractivity contribution in [2.45, 2.75) is 50.2 Å². The highest BCUT2D eigenvalue weighted by Crippen LogP contribution is 2.40. The zero-order valence-electron chi connectivity index (χ0n) is 18.8. The molecular weight excluding hydrogens is 460 g/mol. The van der Waals surface area contributed by atoms with E-state index < -0.39 is 24.0 Å². The molecular formula is C23H29ClN6O4. The number of tetrazole rings is 1. The summed E-state index contributed by atoms with van der Waals surface area (Å²) in [5, 5.41) is 35.9. The van der Waals surface area contributed by atoms with Gasteiger partial charge in [-0.05, 0) is 73.7 Å². The van der Waals surface area contributed by atoms with Gasteiger partial charge in [-0.2, -0.15) is 4.80 Å². The maximum absolute atomic E-state index is 12.0. The van der Waals surface area contributed by atoms with E-state index in [4.69, 9.17) is 11.6 Å². The van der Waals surface area contributed by atoms with E-state index in [1.807, 2.05) is 17.0 Å². The Balaban J connectivity index is 1.25. The zero-order chi connectivity index (χ0) is 23.8. The fraction of sp³-hybridized carbons (Fsp3) is 0.609. The molecule has 6 atom stereocenters. The molecule has 0 bridgehead atoms. The minimum Gasteiger partial charge on any atom is -0.480 e. The molecule has 2 aromatic rings. The second-order valence-corrected chi connectivity index (χ2v) is 10.3. The molecule has 182 valence electrons. The minimum atomic E-state index is -0.834. The van der Waals surface area contributed by atoms with Crippen LogP contribution in [0.4, 0.5) is 0 Å². The highest BCUT2D eigenvalue weighted by Gasteiger charge is 2.42. The average Bonchev–Trinajstić information content (AvgIpc) is 3.46. The Morgan fingerprint density at radius 3 is 2.74 bits per heavy atom. The van der Waals surface area contributed by atoms with Gasteiger partial charge < -0.3 is 15.5 Å². The van der Waals surface area contributed by atoms with Gasteiger partial charge in [-0.15, -0.1) is 10.2 Å². The van der Waals surface area contributed by atoms with Crippen LogP contribution in [0, 0.1) is 17.8 Å². The van der Waals surface area contributed by atoms with Crippen LogP contribution >= 0.6 is 11.6 Å². The molecule has 5 rings (SSSR count). The second-order valence-electron chi connectivity index (χ2n) is 9.88. The summed E-state index contributed by atoms with van der Waals surface area (Å²) in [6, 6.07) is 5.99. The predicted octanol–water partition coefficient (Wildman–Crippen LogP) is 2.17. The summed E-state index contributed by atoms with van der Waals surface area (Å²) in [5.41, 5.74) is 0.766. The van der Waals surface area contributed by atoms with E-state index in [0.717, 1.165) is 31.4 Å². The molecule has 3 unspecified atom stereocenters. The first-order chi connectivity index (χ1) is 16.4. The van der Waals surface area contributed by atoms with Crippen LogP contribution in [0.3, 0.4) is 0 Å². The van der Waals surface area contributed by atoms with Crippen LogP contribution in [0.25, 0.3) is 11.4 Å². The highest BCUT2D eigenvalue weighted by molar-refractivity contribution is 6.30. The topological polar surface area (TPSA) is 133 Å². The fourth-order valence-electron chi connectivity index (χ4n) is 5.97. The van der Waals surface area contributed by atoms with Crippen molar-refractivity contribution in [3.63, 3.8) is 0 Å². The minimum absolute atomic E-state index is 0.173. The molecule has 1 aromatic heterocycles. The molecule has 0 radical (unpaired) electrons. The van der Waals surface area contributed by atoms with Gasteiger partial charge in [0.1, 0.15) is 12.1 Å². The average molecular weight is 489 g/mol. The molecule has 1 saturated carbocycles. The van der Waals surface area contributed by atoms with Crippen molar-refractivity contribution in [2.75, 3.05) is 19.6 Å². The third-order valence-corrected chi connectivity index (χ3v) is 7.94. The summed E-state index contributed by atoms with van der Waals surface area (Å²) < 4.78 is 0. The van der Waals surface area contributed by atoms with E-state index in [2.05, 4.69) is 20.7 Å². The maximum atomic E-state index is 12.0. The first-order valence-electron chi connectivity index (χ1n) is 11.9. The first-order valence-corrected chi connectivity index (χ1v) is 12.2. The Kier molecular flexibility index (Phi) is 6.54. The number of benzene rings is 1. The largest absolute Gasteiger partial charge is 0.480 e. The maximum Gasteiger partial charge on any atom is 0.321 e. The number of piperidine rings is 1. The zero-order valence-corrected chi connectivity index (χ0v) is 19.5. The number of nitrogens with one attached hydrogen (secondary N) is 1. The van der Waals surface area contributed by atoms with E-state index in [-0.39, 0.29) is 6.04 Å². The standard InChI is InChI=1S/C23H29ClN6O4/c24-17-3-1-2-14(7-17)21-26-28-30(27-21)18-9-20(23(33)34)29(12-18)11-13-4-5-15-10-25-19(22(31)32)8-16(15)6-13/h1-3,7,13,15-16,18-20,25H,4-6,8-12H2,(H,31,32)(H,33,34)/t13?,15-,16?,18-,19?,20-/m0/s1. The van der Waals surface area contributed by atoms with Crippen LogP contribution in [-0.4, -0.2) is 79.0 Å². The van der Waals surface area contributed by atoms with Gasteiger partial charge in [-0.25, -0.2) is 0 Å². The third-order valence-electron chi connectivity index (χ3n) is 7.71. The molecule has 3 heterocycles. The number of carboxylic acids is 2. The lowest BCUT2D eigenvalue weighted by atomic mass is 9.69.